The van der Waals surface area contributed by atoms with Gasteiger partial charge in [-0.3, -0.25) is 10.1 Å². The molecule has 6 heteroatoms. The molecule has 0 aliphatic rings. The van der Waals surface area contributed by atoms with Crippen molar-refractivity contribution in [2.75, 3.05) is 18.6 Å². The molecule has 1 rings (SSSR count). The van der Waals surface area contributed by atoms with Crippen LogP contribution in [0, 0.1) is 10.1 Å². The minimum Gasteiger partial charge on any atom is -0.394 e. The van der Waals surface area contributed by atoms with Crippen molar-refractivity contribution in [1.82, 2.24) is 0 Å². The highest BCUT2D eigenvalue weighted by molar-refractivity contribution is 6.33. The van der Waals surface area contributed by atoms with Crippen molar-refractivity contribution in [2.45, 2.75) is 19.4 Å². The number of para-hydroxylation sites is 1. The molecule has 0 radical (unpaired) electrons. The number of halogens is 1. The molecule has 1 aromatic carbocycles. The third kappa shape index (κ3) is 2.68. The van der Waals surface area contributed by atoms with Gasteiger partial charge in [-0.25, -0.2) is 0 Å². The van der Waals surface area contributed by atoms with E-state index in [1.165, 1.54) is 12.1 Å². The van der Waals surface area contributed by atoms with E-state index >= 15 is 0 Å². The first kappa shape index (κ1) is 13.7. The van der Waals surface area contributed by atoms with Crippen LogP contribution in [0.3, 0.4) is 0 Å². The number of nitro benzene ring substituents is 1. The minimum atomic E-state index is -0.629. The fourth-order valence-electron chi connectivity index (χ4n) is 1.39. The molecule has 0 unspecified atom stereocenters. The molecule has 0 spiro atoms. The number of hydrogen-bond donors (Lipinski definition) is 1. The Balaban J connectivity index is 3.34. The van der Waals surface area contributed by atoms with Crippen molar-refractivity contribution in [2.24, 2.45) is 0 Å². The van der Waals surface area contributed by atoms with Gasteiger partial charge >= 0.3 is 0 Å². The lowest BCUT2D eigenvalue weighted by molar-refractivity contribution is -0.384. The van der Waals surface area contributed by atoms with Crippen molar-refractivity contribution in [3.05, 3.63) is 33.3 Å². The fraction of sp³-hybridized carbons (Fsp3) is 0.455. The van der Waals surface area contributed by atoms with Crippen LogP contribution in [-0.2, 0) is 0 Å². The van der Waals surface area contributed by atoms with Crippen LogP contribution in [0.1, 0.15) is 13.8 Å². The van der Waals surface area contributed by atoms with E-state index in [1.807, 2.05) is 0 Å². The summed E-state index contributed by atoms with van der Waals surface area (Å²) in [5.41, 5.74) is -0.379. The summed E-state index contributed by atoms with van der Waals surface area (Å²) >= 11 is 6.00. The smallest absolute Gasteiger partial charge is 0.294 e. The molecule has 0 saturated carbocycles. The Labute approximate surface area is 105 Å². The first-order valence-corrected chi connectivity index (χ1v) is 5.46. The standard InChI is InChI=1S/C11H15ClN2O3/c1-11(2,7-15)13(3)10-8(12)5-4-6-9(10)14(16)17/h4-6,15H,7H2,1-3H3. The largest absolute Gasteiger partial charge is 0.394 e. The normalized spacial score (nSPS) is 11.4. The zero-order valence-corrected chi connectivity index (χ0v) is 10.7. The van der Waals surface area contributed by atoms with Gasteiger partial charge in [0.05, 0.1) is 22.1 Å². The summed E-state index contributed by atoms with van der Waals surface area (Å²) < 4.78 is 0. The Bertz CT molecular complexity index is 435. The first-order chi connectivity index (χ1) is 7.81. The van der Waals surface area contributed by atoms with Gasteiger partial charge in [0, 0.05) is 13.1 Å². The second-order valence-electron chi connectivity index (χ2n) is 4.39. The van der Waals surface area contributed by atoms with Crippen molar-refractivity contribution >= 4 is 23.0 Å². The third-order valence-corrected chi connectivity index (χ3v) is 3.10. The van der Waals surface area contributed by atoms with E-state index in [9.17, 15) is 15.2 Å². The van der Waals surface area contributed by atoms with Gasteiger partial charge in [-0.2, -0.15) is 0 Å². The summed E-state index contributed by atoms with van der Waals surface area (Å²) in [7, 11) is 1.67. The molecule has 0 amide bonds. The molecule has 0 fully saturated rings. The summed E-state index contributed by atoms with van der Waals surface area (Å²) in [4.78, 5) is 12.1. The van der Waals surface area contributed by atoms with Gasteiger partial charge in [0.1, 0.15) is 5.69 Å². The third-order valence-electron chi connectivity index (χ3n) is 2.79. The van der Waals surface area contributed by atoms with Gasteiger partial charge in [0.15, 0.2) is 0 Å². The molecule has 0 bridgehead atoms. The SMILES string of the molecule is CN(c1c(Cl)cccc1[N+](=O)[O-])C(C)(C)CO. The Hall–Kier alpha value is -1.33. The van der Waals surface area contributed by atoms with Gasteiger partial charge < -0.3 is 10.0 Å². The lowest BCUT2D eigenvalue weighted by Crippen LogP contribution is -2.44. The molecule has 0 heterocycles. The van der Waals surface area contributed by atoms with E-state index in [0.29, 0.717) is 10.7 Å². The fourth-order valence-corrected chi connectivity index (χ4v) is 1.69. The summed E-state index contributed by atoms with van der Waals surface area (Å²) in [6.07, 6.45) is 0. The highest BCUT2D eigenvalue weighted by Gasteiger charge is 2.29. The Morgan fingerprint density at radius 3 is 2.59 bits per heavy atom. The lowest BCUT2D eigenvalue weighted by atomic mass is 10.0. The number of rotatable bonds is 4. The molecular formula is C11H15ClN2O3. The molecule has 1 aromatic rings. The van der Waals surface area contributed by atoms with Crippen LogP contribution in [0.25, 0.3) is 0 Å². The van der Waals surface area contributed by atoms with E-state index in [2.05, 4.69) is 0 Å². The predicted molar refractivity (Wildman–Crippen MR) is 67.7 cm³/mol. The average molecular weight is 259 g/mol. The van der Waals surface area contributed by atoms with E-state index in [0.717, 1.165) is 0 Å². The zero-order valence-electron chi connectivity index (χ0n) is 9.98. The molecule has 0 aromatic heterocycles. The van der Waals surface area contributed by atoms with Crippen LogP contribution >= 0.6 is 11.6 Å². The maximum atomic E-state index is 11.0. The van der Waals surface area contributed by atoms with E-state index in [4.69, 9.17) is 11.6 Å². The van der Waals surface area contributed by atoms with Crippen molar-refractivity contribution in [3.63, 3.8) is 0 Å². The predicted octanol–water partition coefficient (Wildman–Crippen LogP) is 2.46. The maximum absolute atomic E-state index is 11.0. The molecule has 5 nitrogen and oxygen atoms in total. The van der Waals surface area contributed by atoms with E-state index in [1.54, 1.807) is 31.9 Å². The second-order valence-corrected chi connectivity index (χ2v) is 4.80. The Morgan fingerprint density at radius 2 is 2.12 bits per heavy atom. The number of aliphatic hydroxyl groups excluding tert-OH is 1. The van der Waals surface area contributed by atoms with Gasteiger partial charge in [0.25, 0.3) is 5.69 Å². The number of hydrogen-bond acceptors (Lipinski definition) is 4. The summed E-state index contributed by atoms with van der Waals surface area (Å²) in [5, 5.41) is 20.5. The van der Waals surface area contributed by atoms with Crippen LogP contribution in [-0.4, -0.2) is 29.2 Å². The van der Waals surface area contributed by atoms with Gasteiger partial charge in [-0.05, 0) is 19.9 Å². The maximum Gasteiger partial charge on any atom is 0.294 e. The Morgan fingerprint density at radius 1 is 1.53 bits per heavy atom. The van der Waals surface area contributed by atoms with E-state index in [-0.39, 0.29) is 12.3 Å². The minimum absolute atomic E-state index is 0.0680. The number of nitrogens with zero attached hydrogens (tertiary/aromatic N) is 2. The molecule has 0 aliphatic heterocycles. The van der Waals surface area contributed by atoms with Gasteiger partial charge in [-0.15, -0.1) is 0 Å². The monoisotopic (exact) mass is 258 g/mol. The molecule has 0 aliphatic carbocycles. The second kappa shape index (κ2) is 4.89. The number of likely N-dealkylation sites (N-methyl/N-ethyl adjacent to an activating group) is 1. The average Bonchev–Trinajstić information content (AvgIpc) is 2.27. The van der Waals surface area contributed by atoms with E-state index < -0.39 is 10.5 Å². The number of aliphatic hydroxyl groups is 1. The molecular weight excluding hydrogens is 244 g/mol. The van der Waals surface area contributed by atoms with Crippen LogP contribution < -0.4 is 4.90 Å². The summed E-state index contributed by atoms with van der Waals surface area (Å²) in [5.74, 6) is 0. The topological polar surface area (TPSA) is 66.6 Å². The number of benzene rings is 1. The van der Waals surface area contributed by atoms with Crippen LogP contribution in [0.4, 0.5) is 11.4 Å². The zero-order chi connectivity index (χ0) is 13.2. The van der Waals surface area contributed by atoms with Crippen molar-refractivity contribution < 1.29 is 10.0 Å². The molecule has 0 atom stereocenters. The van der Waals surface area contributed by atoms with Gasteiger partial charge in [-0.1, -0.05) is 17.7 Å². The van der Waals surface area contributed by atoms with Crippen molar-refractivity contribution in [3.8, 4) is 0 Å². The van der Waals surface area contributed by atoms with Crippen LogP contribution in [0.2, 0.25) is 5.02 Å². The molecule has 94 valence electrons. The molecule has 1 N–H and O–H groups in total. The molecule has 0 saturated heterocycles. The summed E-state index contributed by atoms with van der Waals surface area (Å²) in [6.45, 7) is 3.42. The highest BCUT2D eigenvalue weighted by Crippen LogP contribution is 2.37. The summed E-state index contributed by atoms with van der Waals surface area (Å²) in [6, 6.07) is 4.52. The number of anilines is 1. The lowest BCUT2D eigenvalue weighted by Gasteiger charge is -2.35. The van der Waals surface area contributed by atoms with Gasteiger partial charge in [0.2, 0.25) is 0 Å². The van der Waals surface area contributed by atoms with Crippen molar-refractivity contribution in [1.29, 1.82) is 0 Å². The quantitative estimate of drug-likeness (QED) is 0.665. The molecule has 17 heavy (non-hydrogen) atoms. The van der Waals surface area contributed by atoms with Crippen LogP contribution in [0.15, 0.2) is 18.2 Å². The number of nitro groups is 1. The highest BCUT2D eigenvalue weighted by atomic mass is 35.5. The Kier molecular flexibility index (Phi) is 3.95. The van der Waals surface area contributed by atoms with Crippen LogP contribution in [0.5, 0.6) is 0 Å². The first-order valence-electron chi connectivity index (χ1n) is 5.09.